The van der Waals surface area contributed by atoms with Gasteiger partial charge in [-0.25, -0.2) is 0 Å². The number of rotatable bonds is 48. The van der Waals surface area contributed by atoms with Gasteiger partial charge in [0.2, 0.25) is 0 Å². The summed E-state index contributed by atoms with van der Waals surface area (Å²) in [5, 5.41) is 0. The zero-order valence-electron chi connectivity index (χ0n) is 42.5. The monoisotopic (exact) mass is 905 g/mol. The Bertz CT molecular complexity index is 1270. The summed E-state index contributed by atoms with van der Waals surface area (Å²) in [6, 6.07) is 0. The standard InChI is InChI=1S/C59H100O6/c1-4-7-10-13-16-19-22-24-26-28-30-32-33-35-37-40-43-46-49-52-58(61)64-55-56(54-63-57(60)51-48-45-42-39-21-18-15-12-9-6-3)65-59(62)53-50-47-44-41-38-36-34-31-29-27-25-23-20-17-14-11-8-5-2/h7,10,16,19,24,26-27,29-30,32,35,37,43,46,56H,4-6,8-9,11-15,17-18,20-23,25,28,31,33-34,36,38-42,44-45,47-55H2,1-3H3/b10-7-,19-16-,26-24-,29-27-,32-30-,37-35-,46-43-. The van der Waals surface area contributed by atoms with Crippen molar-refractivity contribution in [1.82, 2.24) is 0 Å². The normalized spacial score (nSPS) is 12.7. The molecule has 0 rings (SSSR count). The summed E-state index contributed by atoms with van der Waals surface area (Å²) < 4.78 is 16.7. The third-order valence-corrected chi connectivity index (χ3v) is 11.4. The number of esters is 3. The van der Waals surface area contributed by atoms with Gasteiger partial charge in [-0.15, -0.1) is 0 Å². The second kappa shape index (κ2) is 53.2. The lowest BCUT2D eigenvalue weighted by atomic mass is 10.1. The van der Waals surface area contributed by atoms with Crippen molar-refractivity contribution < 1.29 is 28.6 Å². The Labute approximate surface area is 401 Å². The van der Waals surface area contributed by atoms with Crippen molar-refractivity contribution in [3.63, 3.8) is 0 Å². The lowest BCUT2D eigenvalue weighted by Gasteiger charge is -2.18. The molecule has 0 N–H and O–H groups in total. The molecule has 0 aliphatic heterocycles. The van der Waals surface area contributed by atoms with E-state index in [1.54, 1.807) is 0 Å². The van der Waals surface area contributed by atoms with Crippen molar-refractivity contribution in [1.29, 1.82) is 0 Å². The van der Waals surface area contributed by atoms with E-state index in [1.807, 2.05) is 6.08 Å². The Morgan fingerprint density at radius 3 is 1.03 bits per heavy atom. The highest BCUT2D eigenvalue weighted by Crippen LogP contribution is 2.14. The zero-order chi connectivity index (χ0) is 47.2. The number of carbonyl (C=O) groups is 3. The predicted molar refractivity (Wildman–Crippen MR) is 279 cm³/mol. The Morgan fingerprint density at radius 2 is 0.631 bits per heavy atom. The number of hydrogen-bond acceptors (Lipinski definition) is 6. The molecule has 1 unspecified atom stereocenters. The number of allylic oxidation sites excluding steroid dienone is 14. The van der Waals surface area contributed by atoms with Crippen LogP contribution in [0.1, 0.15) is 252 Å². The molecule has 0 saturated carbocycles. The van der Waals surface area contributed by atoms with Crippen LogP contribution in [0.15, 0.2) is 85.1 Å². The minimum absolute atomic E-state index is 0.100. The second-order valence-corrected chi connectivity index (χ2v) is 17.8. The zero-order valence-corrected chi connectivity index (χ0v) is 42.5. The quantitative estimate of drug-likeness (QED) is 0.0262. The molecule has 0 aromatic heterocycles. The van der Waals surface area contributed by atoms with Crippen LogP contribution < -0.4 is 0 Å². The fraction of sp³-hybridized carbons (Fsp3) is 0.712. The first-order valence-electron chi connectivity index (χ1n) is 27.1. The first kappa shape index (κ1) is 61.6. The van der Waals surface area contributed by atoms with E-state index in [1.165, 1.54) is 128 Å². The van der Waals surface area contributed by atoms with Gasteiger partial charge in [-0.1, -0.05) is 234 Å². The molecule has 0 aromatic rings. The van der Waals surface area contributed by atoms with Gasteiger partial charge in [-0.05, 0) is 83.5 Å². The fourth-order valence-electron chi connectivity index (χ4n) is 7.35. The molecule has 0 aliphatic rings. The highest BCUT2D eigenvalue weighted by Gasteiger charge is 2.19. The summed E-state index contributed by atoms with van der Waals surface area (Å²) in [5.41, 5.74) is 0. The molecule has 6 nitrogen and oxygen atoms in total. The van der Waals surface area contributed by atoms with Crippen LogP contribution in [0.3, 0.4) is 0 Å². The van der Waals surface area contributed by atoms with Crippen LogP contribution in [0.25, 0.3) is 0 Å². The maximum atomic E-state index is 12.8. The molecule has 1 atom stereocenters. The van der Waals surface area contributed by atoms with Gasteiger partial charge in [0, 0.05) is 19.3 Å². The summed E-state index contributed by atoms with van der Waals surface area (Å²) >= 11 is 0. The Kier molecular flexibility index (Phi) is 50.4. The van der Waals surface area contributed by atoms with E-state index in [4.69, 9.17) is 14.2 Å². The average molecular weight is 905 g/mol. The third-order valence-electron chi connectivity index (χ3n) is 11.4. The van der Waals surface area contributed by atoms with Crippen LogP contribution in [0, 0.1) is 0 Å². The molecule has 65 heavy (non-hydrogen) atoms. The van der Waals surface area contributed by atoms with Gasteiger partial charge in [-0.2, -0.15) is 0 Å². The minimum atomic E-state index is -0.807. The van der Waals surface area contributed by atoms with Crippen LogP contribution in [0.2, 0.25) is 0 Å². The van der Waals surface area contributed by atoms with Crippen molar-refractivity contribution >= 4 is 17.9 Å². The average Bonchev–Trinajstić information content (AvgIpc) is 3.30. The van der Waals surface area contributed by atoms with E-state index >= 15 is 0 Å². The highest BCUT2D eigenvalue weighted by molar-refractivity contribution is 5.71. The van der Waals surface area contributed by atoms with Crippen LogP contribution >= 0.6 is 0 Å². The van der Waals surface area contributed by atoms with E-state index in [2.05, 4.69) is 99.8 Å². The maximum Gasteiger partial charge on any atom is 0.306 e. The highest BCUT2D eigenvalue weighted by atomic mass is 16.6. The van der Waals surface area contributed by atoms with Crippen molar-refractivity contribution in [2.24, 2.45) is 0 Å². The van der Waals surface area contributed by atoms with Gasteiger partial charge < -0.3 is 14.2 Å². The third kappa shape index (κ3) is 51.4. The van der Waals surface area contributed by atoms with Gasteiger partial charge in [0.1, 0.15) is 13.2 Å². The van der Waals surface area contributed by atoms with Gasteiger partial charge >= 0.3 is 17.9 Å². The van der Waals surface area contributed by atoms with E-state index in [-0.39, 0.29) is 37.5 Å². The molecule has 6 heteroatoms. The summed E-state index contributed by atoms with van der Waals surface area (Å²) in [5.74, 6) is -0.992. The summed E-state index contributed by atoms with van der Waals surface area (Å²) in [6.45, 7) is 6.45. The van der Waals surface area contributed by atoms with Gasteiger partial charge in [0.25, 0.3) is 0 Å². The van der Waals surface area contributed by atoms with E-state index in [0.717, 1.165) is 77.0 Å². The lowest BCUT2D eigenvalue weighted by molar-refractivity contribution is -0.166. The smallest absolute Gasteiger partial charge is 0.306 e. The topological polar surface area (TPSA) is 78.9 Å². The van der Waals surface area contributed by atoms with Crippen molar-refractivity contribution in [2.75, 3.05) is 13.2 Å². The largest absolute Gasteiger partial charge is 0.462 e. The van der Waals surface area contributed by atoms with Crippen LogP contribution in [-0.2, 0) is 28.6 Å². The van der Waals surface area contributed by atoms with Crippen LogP contribution in [-0.4, -0.2) is 37.2 Å². The molecule has 0 amide bonds. The van der Waals surface area contributed by atoms with E-state index < -0.39 is 6.10 Å². The summed E-state index contributed by atoms with van der Waals surface area (Å²) in [4.78, 5) is 38.0. The molecule has 0 bridgehead atoms. The van der Waals surface area contributed by atoms with E-state index in [9.17, 15) is 14.4 Å². The second-order valence-electron chi connectivity index (χ2n) is 17.8. The first-order valence-corrected chi connectivity index (χ1v) is 27.1. The molecule has 0 fully saturated rings. The van der Waals surface area contributed by atoms with Gasteiger partial charge in [-0.3, -0.25) is 14.4 Å². The van der Waals surface area contributed by atoms with Crippen molar-refractivity contribution in [2.45, 2.75) is 258 Å². The Morgan fingerprint density at radius 1 is 0.323 bits per heavy atom. The molecule has 0 aliphatic carbocycles. The lowest BCUT2D eigenvalue weighted by Crippen LogP contribution is -2.30. The molecular weight excluding hydrogens is 805 g/mol. The molecule has 0 spiro atoms. The number of unbranched alkanes of at least 4 members (excludes halogenated alkanes) is 23. The van der Waals surface area contributed by atoms with Crippen LogP contribution in [0.5, 0.6) is 0 Å². The van der Waals surface area contributed by atoms with Crippen molar-refractivity contribution in [3.8, 4) is 0 Å². The molecule has 0 heterocycles. The fourth-order valence-corrected chi connectivity index (χ4v) is 7.35. The molecule has 0 saturated heterocycles. The number of hydrogen-bond donors (Lipinski definition) is 0. The van der Waals surface area contributed by atoms with Gasteiger partial charge in [0.15, 0.2) is 6.10 Å². The molecular formula is C59H100O6. The van der Waals surface area contributed by atoms with Gasteiger partial charge in [0.05, 0.1) is 0 Å². The molecule has 372 valence electrons. The number of carbonyl (C=O) groups excluding carboxylic acids is 3. The molecule has 0 radical (unpaired) electrons. The Hall–Kier alpha value is -3.41. The minimum Gasteiger partial charge on any atom is -0.462 e. The predicted octanol–water partition coefficient (Wildman–Crippen LogP) is 18.0. The van der Waals surface area contributed by atoms with Crippen molar-refractivity contribution in [3.05, 3.63) is 85.1 Å². The molecule has 0 aromatic carbocycles. The summed E-state index contributed by atoms with van der Waals surface area (Å²) in [7, 11) is 0. The summed E-state index contributed by atoms with van der Waals surface area (Å²) in [6.07, 6.45) is 68.7. The number of ether oxygens (including phenoxy) is 3. The van der Waals surface area contributed by atoms with E-state index in [0.29, 0.717) is 19.3 Å². The first-order chi connectivity index (χ1) is 32.0. The maximum absolute atomic E-state index is 12.8. The van der Waals surface area contributed by atoms with Crippen LogP contribution in [0.4, 0.5) is 0 Å². The SMILES string of the molecule is CC/C=C\C/C=C\C/C=C\C/C=C\C/C=C\C/C=C\CCC(=O)OCC(COC(=O)CCCCCCCCCCCC)OC(=O)CCCCCCCCC/C=C\CCCCCCCCC. The Balaban J connectivity index is 4.45.